The van der Waals surface area contributed by atoms with Crippen molar-refractivity contribution in [2.24, 2.45) is 4.99 Å². The van der Waals surface area contributed by atoms with E-state index in [9.17, 15) is 0 Å². The van der Waals surface area contributed by atoms with Gasteiger partial charge in [-0.05, 0) is 44.0 Å². The number of nitrogens with one attached hydrogen (secondary N) is 2. The minimum Gasteiger partial charge on any atom is -0.357 e. The van der Waals surface area contributed by atoms with Gasteiger partial charge in [0.1, 0.15) is 0 Å². The van der Waals surface area contributed by atoms with E-state index in [1.165, 1.54) is 11.1 Å². The molecule has 0 spiro atoms. The lowest BCUT2D eigenvalue weighted by atomic mass is 10.1. The van der Waals surface area contributed by atoms with Gasteiger partial charge in [0.2, 0.25) is 0 Å². The predicted octanol–water partition coefficient (Wildman–Crippen LogP) is 3.92. The quantitative estimate of drug-likeness (QED) is 0.270. The zero-order valence-corrected chi connectivity index (χ0v) is 18.1. The van der Waals surface area contributed by atoms with Crippen LogP contribution in [-0.2, 0) is 13.1 Å². The topological polar surface area (TPSA) is 39.7 Å². The van der Waals surface area contributed by atoms with Crippen LogP contribution in [0.25, 0.3) is 0 Å². The fourth-order valence-corrected chi connectivity index (χ4v) is 2.95. The van der Waals surface area contributed by atoms with Crippen molar-refractivity contribution in [1.82, 2.24) is 15.5 Å². The Hall–Kier alpha value is -1.08. The standard InChI is InChI=1S/C20H32N4.HI/c1-4-21-20(23-19-12-7-8-13-19)22-15-17-10-9-11-18(14-17)16-24(5-2)6-3;/h7-11,14,19H,4-6,12-13,15-16H2,1-3H3,(H2,21,22,23);1H. The number of guanidine groups is 1. The van der Waals surface area contributed by atoms with E-state index in [0.717, 1.165) is 45.0 Å². The first kappa shape index (κ1) is 22.0. The number of halogens is 1. The molecule has 1 aromatic rings. The fraction of sp³-hybridized carbons (Fsp3) is 0.550. The molecule has 0 saturated carbocycles. The molecule has 0 amide bonds. The van der Waals surface area contributed by atoms with Crippen molar-refractivity contribution in [2.45, 2.75) is 52.7 Å². The number of benzene rings is 1. The van der Waals surface area contributed by atoms with Crippen LogP contribution in [0.5, 0.6) is 0 Å². The Bertz CT molecular complexity index is 544. The Morgan fingerprint density at radius 1 is 1.12 bits per heavy atom. The summed E-state index contributed by atoms with van der Waals surface area (Å²) in [4.78, 5) is 7.19. The maximum Gasteiger partial charge on any atom is 0.191 e. The Kier molecular flexibility index (Phi) is 10.8. The first-order valence-electron chi connectivity index (χ1n) is 9.25. The van der Waals surface area contributed by atoms with Crippen molar-refractivity contribution in [2.75, 3.05) is 19.6 Å². The molecule has 0 aliphatic heterocycles. The van der Waals surface area contributed by atoms with Gasteiger partial charge >= 0.3 is 0 Å². The van der Waals surface area contributed by atoms with Crippen molar-refractivity contribution < 1.29 is 0 Å². The van der Waals surface area contributed by atoms with Crippen molar-refractivity contribution >= 4 is 29.9 Å². The Balaban J connectivity index is 0.00000312. The summed E-state index contributed by atoms with van der Waals surface area (Å²) in [5.74, 6) is 0.917. The lowest BCUT2D eigenvalue weighted by molar-refractivity contribution is 0.296. The minimum absolute atomic E-state index is 0. The highest BCUT2D eigenvalue weighted by Crippen LogP contribution is 2.11. The number of aliphatic imine (C=N–C) groups is 1. The lowest BCUT2D eigenvalue weighted by Crippen LogP contribution is -2.42. The van der Waals surface area contributed by atoms with E-state index in [2.05, 4.69) is 72.7 Å². The lowest BCUT2D eigenvalue weighted by Gasteiger charge is -2.18. The summed E-state index contributed by atoms with van der Waals surface area (Å²) in [6.45, 7) is 11.3. The SMILES string of the molecule is CCNC(=NCc1cccc(CN(CC)CC)c1)NC1CC=CC1.I. The second-order valence-electron chi connectivity index (χ2n) is 6.26. The molecule has 0 saturated heterocycles. The van der Waals surface area contributed by atoms with Crippen molar-refractivity contribution in [3.05, 3.63) is 47.5 Å². The van der Waals surface area contributed by atoms with Crippen LogP contribution in [-0.4, -0.2) is 36.5 Å². The third-order valence-corrected chi connectivity index (χ3v) is 4.40. The number of rotatable bonds is 8. The second kappa shape index (κ2) is 12.3. The average Bonchev–Trinajstić information content (AvgIpc) is 3.11. The normalized spacial score (nSPS) is 14.6. The molecule has 4 nitrogen and oxygen atoms in total. The third-order valence-electron chi connectivity index (χ3n) is 4.40. The van der Waals surface area contributed by atoms with Gasteiger partial charge in [0.05, 0.1) is 6.54 Å². The molecule has 0 heterocycles. The molecule has 0 fully saturated rings. The van der Waals surface area contributed by atoms with E-state index in [1.54, 1.807) is 0 Å². The molecule has 5 heteroatoms. The van der Waals surface area contributed by atoms with Gasteiger partial charge in [-0.15, -0.1) is 24.0 Å². The summed E-state index contributed by atoms with van der Waals surface area (Å²) in [6.07, 6.45) is 6.64. The van der Waals surface area contributed by atoms with Gasteiger partial charge in [0.25, 0.3) is 0 Å². The van der Waals surface area contributed by atoms with Crippen molar-refractivity contribution in [1.29, 1.82) is 0 Å². The monoisotopic (exact) mass is 456 g/mol. The minimum atomic E-state index is 0. The summed E-state index contributed by atoms with van der Waals surface area (Å²) >= 11 is 0. The molecular weight excluding hydrogens is 423 g/mol. The van der Waals surface area contributed by atoms with Crippen LogP contribution >= 0.6 is 24.0 Å². The summed E-state index contributed by atoms with van der Waals surface area (Å²) in [5.41, 5.74) is 2.63. The van der Waals surface area contributed by atoms with Crippen molar-refractivity contribution in [3.8, 4) is 0 Å². The van der Waals surface area contributed by atoms with Gasteiger partial charge in [0.15, 0.2) is 5.96 Å². The third kappa shape index (κ3) is 7.77. The maximum absolute atomic E-state index is 4.76. The maximum atomic E-state index is 4.76. The van der Waals surface area contributed by atoms with Crippen LogP contribution in [0, 0.1) is 0 Å². The molecule has 1 aliphatic carbocycles. The molecule has 0 aromatic heterocycles. The number of hydrogen-bond acceptors (Lipinski definition) is 2. The zero-order chi connectivity index (χ0) is 17.2. The highest BCUT2D eigenvalue weighted by atomic mass is 127. The van der Waals surface area contributed by atoms with Gasteiger partial charge in [-0.2, -0.15) is 0 Å². The van der Waals surface area contributed by atoms with Crippen LogP contribution in [0.1, 0.15) is 44.7 Å². The van der Waals surface area contributed by atoms with E-state index >= 15 is 0 Å². The van der Waals surface area contributed by atoms with Crippen LogP contribution in [0.15, 0.2) is 41.4 Å². The summed E-state index contributed by atoms with van der Waals surface area (Å²) in [6, 6.07) is 9.28. The van der Waals surface area contributed by atoms with E-state index < -0.39 is 0 Å². The van der Waals surface area contributed by atoms with E-state index in [-0.39, 0.29) is 24.0 Å². The zero-order valence-electron chi connectivity index (χ0n) is 15.8. The number of nitrogens with zero attached hydrogens (tertiary/aromatic N) is 2. The Morgan fingerprint density at radius 3 is 2.44 bits per heavy atom. The average molecular weight is 456 g/mol. The van der Waals surface area contributed by atoms with Crippen LogP contribution in [0.4, 0.5) is 0 Å². The van der Waals surface area contributed by atoms with Crippen LogP contribution in [0.3, 0.4) is 0 Å². The first-order valence-corrected chi connectivity index (χ1v) is 9.25. The largest absolute Gasteiger partial charge is 0.357 e. The molecule has 0 atom stereocenters. The van der Waals surface area contributed by atoms with Crippen LogP contribution in [0.2, 0.25) is 0 Å². The Labute approximate surface area is 170 Å². The van der Waals surface area contributed by atoms with Gasteiger partial charge in [-0.3, -0.25) is 4.90 Å². The number of hydrogen-bond donors (Lipinski definition) is 2. The highest BCUT2D eigenvalue weighted by molar-refractivity contribution is 14.0. The first-order chi connectivity index (χ1) is 11.7. The molecule has 1 aromatic carbocycles. The molecule has 1 aliphatic rings. The van der Waals surface area contributed by atoms with Gasteiger partial charge in [-0.1, -0.05) is 50.3 Å². The molecule has 0 radical (unpaired) electrons. The molecule has 0 bridgehead atoms. The van der Waals surface area contributed by atoms with Gasteiger partial charge in [-0.25, -0.2) is 4.99 Å². The highest BCUT2D eigenvalue weighted by Gasteiger charge is 2.11. The molecule has 0 unspecified atom stereocenters. The van der Waals surface area contributed by atoms with Crippen LogP contribution < -0.4 is 10.6 Å². The van der Waals surface area contributed by atoms with Crippen molar-refractivity contribution in [3.63, 3.8) is 0 Å². The molecular formula is C20H33IN4. The smallest absolute Gasteiger partial charge is 0.191 e. The summed E-state index contributed by atoms with van der Waals surface area (Å²) in [5, 5.41) is 6.87. The second-order valence-corrected chi connectivity index (χ2v) is 6.26. The summed E-state index contributed by atoms with van der Waals surface area (Å²) in [7, 11) is 0. The molecule has 2 rings (SSSR count). The predicted molar refractivity (Wildman–Crippen MR) is 119 cm³/mol. The Morgan fingerprint density at radius 2 is 1.80 bits per heavy atom. The molecule has 25 heavy (non-hydrogen) atoms. The van der Waals surface area contributed by atoms with E-state index in [0.29, 0.717) is 12.6 Å². The van der Waals surface area contributed by atoms with Gasteiger partial charge < -0.3 is 10.6 Å². The fourth-order valence-electron chi connectivity index (χ4n) is 2.95. The van der Waals surface area contributed by atoms with E-state index in [1.807, 2.05) is 0 Å². The summed E-state index contributed by atoms with van der Waals surface area (Å²) < 4.78 is 0. The van der Waals surface area contributed by atoms with E-state index in [4.69, 9.17) is 4.99 Å². The van der Waals surface area contributed by atoms with Gasteiger partial charge in [0, 0.05) is 19.1 Å². The molecule has 140 valence electrons. The molecule has 2 N–H and O–H groups in total.